The number of hydrogen-bond acceptors (Lipinski definition) is 3. The van der Waals surface area contributed by atoms with Gasteiger partial charge >= 0.3 is 0 Å². The highest BCUT2D eigenvalue weighted by atomic mass is 15.2. The van der Waals surface area contributed by atoms with Gasteiger partial charge in [-0.15, -0.1) is 0 Å². The lowest BCUT2D eigenvalue weighted by Crippen LogP contribution is -2.44. The van der Waals surface area contributed by atoms with Crippen LogP contribution in [-0.2, 0) is 13.1 Å². The Morgan fingerprint density at radius 1 is 1.19 bits per heavy atom. The van der Waals surface area contributed by atoms with E-state index < -0.39 is 0 Å². The van der Waals surface area contributed by atoms with Crippen LogP contribution < -0.4 is 10.6 Å². The van der Waals surface area contributed by atoms with Crippen LogP contribution in [0.4, 0.5) is 0 Å². The van der Waals surface area contributed by atoms with Crippen LogP contribution in [0.2, 0.25) is 0 Å². The molecule has 0 amide bonds. The molecule has 0 spiro atoms. The van der Waals surface area contributed by atoms with Gasteiger partial charge < -0.3 is 15.2 Å². The molecule has 2 N–H and O–H groups in total. The van der Waals surface area contributed by atoms with Crippen LogP contribution in [0.5, 0.6) is 0 Å². The van der Waals surface area contributed by atoms with Crippen molar-refractivity contribution in [3.8, 4) is 0 Å². The Bertz CT molecular complexity index is 692. The fourth-order valence-electron chi connectivity index (χ4n) is 3.61. The number of aromatic nitrogens is 2. The molecule has 1 unspecified atom stereocenters. The van der Waals surface area contributed by atoms with Gasteiger partial charge in [0.1, 0.15) is 0 Å². The van der Waals surface area contributed by atoms with E-state index in [0.29, 0.717) is 12.6 Å². The Balaban J connectivity index is 1.52. The summed E-state index contributed by atoms with van der Waals surface area (Å²) in [6, 6.07) is 9.29. The lowest BCUT2D eigenvalue weighted by atomic mass is 10.1. The van der Waals surface area contributed by atoms with Crippen LogP contribution >= 0.6 is 0 Å². The number of likely N-dealkylation sites (N-methyl/N-ethyl adjacent to an activating group) is 1. The maximum absolute atomic E-state index is 4.76. The second-order valence-corrected chi connectivity index (χ2v) is 7.05. The molecule has 1 aromatic carbocycles. The van der Waals surface area contributed by atoms with Crippen LogP contribution in [0, 0.1) is 0 Å². The normalized spacial score (nSPS) is 18.0. The summed E-state index contributed by atoms with van der Waals surface area (Å²) in [7, 11) is 0. The Morgan fingerprint density at radius 2 is 2.00 bits per heavy atom. The maximum atomic E-state index is 4.76. The van der Waals surface area contributed by atoms with Crippen molar-refractivity contribution in [2.24, 2.45) is 4.99 Å². The van der Waals surface area contributed by atoms with Crippen molar-refractivity contribution < 1.29 is 0 Å². The molecule has 1 aliphatic heterocycles. The molecule has 6 heteroatoms. The molecule has 1 aliphatic rings. The first-order valence-electron chi connectivity index (χ1n) is 10.1. The monoisotopic (exact) mass is 368 g/mol. The molecule has 6 nitrogen and oxygen atoms in total. The maximum Gasteiger partial charge on any atom is 0.191 e. The molecule has 27 heavy (non-hydrogen) atoms. The third-order valence-corrected chi connectivity index (χ3v) is 5.12. The number of nitrogens with one attached hydrogen (secondary N) is 2. The van der Waals surface area contributed by atoms with Gasteiger partial charge in [-0.25, -0.2) is 9.98 Å². The van der Waals surface area contributed by atoms with E-state index in [0.717, 1.165) is 32.1 Å². The minimum absolute atomic E-state index is 0.626. The number of benzene rings is 1. The number of nitrogens with zero attached hydrogens (tertiary/aromatic N) is 4. The molecular formula is C21H32N6. The van der Waals surface area contributed by atoms with Crippen LogP contribution in [0.25, 0.3) is 0 Å². The number of rotatable bonds is 8. The quantitative estimate of drug-likeness (QED) is 0.555. The first-order valence-corrected chi connectivity index (χ1v) is 10.1. The van der Waals surface area contributed by atoms with Gasteiger partial charge in [0.05, 0.1) is 12.9 Å². The lowest BCUT2D eigenvalue weighted by molar-refractivity contribution is 0.267. The van der Waals surface area contributed by atoms with Crippen molar-refractivity contribution >= 4 is 5.96 Å². The summed E-state index contributed by atoms with van der Waals surface area (Å²) in [5, 5.41) is 6.89. The van der Waals surface area contributed by atoms with E-state index in [1.807, 2.05) is 18.7 Å². The van der Waals surface area contributed by atoms with Crippen LogP contribution in [0.15, 0.2) is 48.0 Å². The summed E-state index contributed by atoms with van der Waals surface area (Å²) in [5.74, 6) is 0.906. The first-order chi connectivity index (χ1) is 13.3. The van der Waals surface area contributed by atoms with Crippen molar-refractivity contribution in [2.45, 2.75) is 45.8 Å². The summed E-state index contributed by atoms with van der Waals surface area (Å²) in [4.78, 5) is 11.4. The molecule has 3 rings (SSSR count). The van der Waals surface area contributed by atoms with Gasteiger partial charge in [0, 0.05) is 38.1 Å². The predicted molar refractivity (Wildman–Crippen MR) is 111 cm³/mol. The van der Waals surface area contributed by atoms with E-state index in [1.54, 1.807) is 0 Å². The highest BCUT2D eigenvalue weighted by molar-refractivity contribution is 5.79. The third kappa shape index (κ3) is 5.82. The Morgan fingerprint density at radius 3 is 2.70 bits per heavy atom. The Labute approximate surface area is 162 Å². The average molecular weight is 369 g/mol. The van der Waals surface area contributed by atoms with E-state index in [4.69, 9.17) is 4.99 Å². The van der Waals surface area contributed by atoms with Crippen molar-refractivity contribution in [3.05, 3.63) is 54.1 Å². The van der Waals surface area contributed by atoms with Crippen molar-refractivity contribution in [1.82, 2.24) is 25.1 Å². The standard InChI is InChI=1S/C21H32N6/c1-3-23-21(25-15-20-6-5-12-27(20)4-2)24-14-18-7-9-19(10-8-18)16-26-13-11-22-17-26/h7-11,13,17,20H,3-6,12,14-16H2,1-2H3,(H2,23,24,25). The summed E-state index contributed by atoms with van der Waals surface area (Å²) in [5.41, 5.74) is 2.49. The van der Waals surface area contributed by atoms with Crippen molar-refractivity contribution in [1.29, 1.82) is 0 Å². The van der Waals surface area contributed by atoms with Gasteiger partial charge in [-0.3, -0.25) is 4.90 Å². The van der Waals surface area contributed by atoms with Gasteiger partial charge in [0.25, 0.3) is 0 Å². The minimum Gasteiger partial charge on any atom is -0.357 e. The van der Waals surface area contributed by atoms with E-state index in [9.17, 15) is 0 Å². The molecule has 0 bridgehead atoms. The van der Waals surface area contributed by atoms with Crippen LogP contribution in [0.3, 0.4) is 0 Å². The number of likely N-dealkylation sites (tertiary alicyclic amines) is 1. The number of aliphatic imine (C=N–C) groups is 1. The third-order valence-electron chi connectivity index (χ3n) is 5.12. The molecule has 146 valence electrons. The summed E-state index contributed by atoms with van der Waals surface area (Å²) in [6.07, 6.45) is 8.22. The Kier molecular flexibility index (Phi) is 7.27. The molecule has 2 aromatic rings. The molecule has 1 aromatic heterocycles. The summed E-state index contributed by atoms with van der Waals surface area (Å²) in [6.45, 7) is 10.1. The zero-order valence-electron chi connectivity index (χ0n) is 16.6. The van der Waals surface area contributed by atoms with Crippen LogP contribution in [-0.4, -0.2) is 52.6 Å². The Hall–Kier alpha value is -2.34. The lowest BCUT2D eigenvalue weighted by Gasteiger charge is -2.24. The van der Waals surface area contributed by atoms with Crippen molar-refractivity contribution in [2.75, 3.05) is 26.2 Å². The largest absolute Gasteiger partial charge is 0.357 e. The topological polar surface area (TPSA) is 57.5 Å². The zero-order valence-corrected chi connectivity index (χ0v) is 16.6. The molecular weight excluding hydrogens is 336 g/mol. The zero-order chi connectivity index (χ0) is 18.9. The second-order valence-electron chi connectivity index (χ2n) is 7.05. The van der Waals surface area contributed by atoms with E-state index in [-0.39, 0.29) is 0 Å². The average Bonchev–Trinajstić information content (AvgIpc) is 3.36. The molecule has 0 aliphatic carbocycles. The molecule has 0 radical (unpaired) electrons. The number of imidazole rings is 1. The summed E-state index contributed by atoms with van der Waals surface area (Å²) < 4.78 is 2.07. The first kappa shape index (κ1) is 19.4. The minimum atomic E-state index is 0.626. The number of guanidine groups is 1. The molecule has 0 saturated carbocycles. The van der Waals surface area contributed by atoms with Crippen molar-refractivity contribution in [3.63, 3.8) is 0 Å². The molecule has 1 saturated heterocycles. The van der Waals surface area contributed by atoms with Crippen LogP contribution in [0.1, 0.15) is 37.8 Å². The predicted octanol–water partition coefficient (Wildman–Crippen LogP) is 2.47. The smallest absolute Gasteiger partial charge is 0.191 e. The molecule has 2 heterocycles. The van der Waals surface area contributed by atoms with Gasteiger partial charge in [0.15, 0.2) is 5.96 Å². The van der Waals surface area contributed by atoms with Gasteiger partial charge in [-0.05, 0) is 44.0 Å². The number of hydrogen-bond donors (Lipinski definition) is 2. The van der Waals surface area contributed by atoms with Gasteiger partial charge in [-0.1, -0.05) is 31.2 Å². The highest BCUT2D eigenvalue weighted by Crippen LogP contribution is 2.15. The van der Waals surface area contributed by atoms with E-state index in [2.05, 4.69) is 63.2 Å². The SMILES string of the molecule is CCNC(=NCc1ccc(Cn2ccnc2)cc1)NCC1CCCN1CC. The highest BCUT2D eigenvalue weighted by Gasteiger charge is 2.22. The fourth-order valence-corrected chi connectivity index (χ4v) is 3.61. The van der Waals surface area contributed by atoms with E-state index >= 15 is 0 Å². The second kappa shape index (κ2) is 10.1. The van der Waals surface area contributed by atoms with Gasteiger partial charge in [-0.2, -0.15) is 0 Å². The fraction of sp³-hybridized carbons (Fsp3) is 0.524. The molecule has 1 atom stereocenters. The molecule has 1 fully saturated rings. The van der Waals surface area contributed by atoms with Gasteiger partial charge in [0.2, 0.25) is 0 Å². The van der Waals surface area contributed by atoms with E-state index in [1.165, 1.54) is 30.5 Å². The summed E-state index contributed by atoms with van der Waals surface area (Å²) >= 11 is 0.